The molecule has 0 atom stereocenters. The number of hydrogen-bond donors (Lipinski definition) is 1. The minimum Gasteiger partial charge on any atom is -0.369 e. The number of para-hydroxylation sites is 1. The van der Waals surface area contributed by atoms with Gasteiger partial charge < -0.3 is 5.32 Å². The van der Waals surface area contributed by atoms with Gasteiger partial charge in [0.05, 0.1) is 5.69 Å². The van der Waals surface area contributed by atoms with Gasteiger partial charge in [-0.25, -0.2) is 9.07 Å². The van der Waals surface area contributed by atoms with Gasteiger partial charge in [0, 0.05) is 22.1 Å². The molecule has 0 amide bonds. The first kappa shape index (κ1) is 13.5. The molecule has 0 spiro atoms. The largest absolute Gasteiger partial charge is 0.369 e. The predicted octanol–water partition coefficient (Wildman–Crippen LogP) is 4.41. The molecule has 0 aliphatic carbocycles. The summed E-state index contributed by atoms with van der Waals surface area (Å²) in [6.45, 7) is 0.846. The summed E-state index contributed by atoms with van der Waals surface area (Å²) in [7, 11) is 0. The molecular weight excluding hydrogens is 345 g/mol. The Morgan fingerprint density at radius 2 is 1.86 bits per heavy atom. The third-order valence-corrected chi connectivity index (χ3v) is 4.53. The summed E-state index contributed by atoms with van der Waals surface area (Å²) in [6.07, 6.45) is 0.851. The van der Waals surface area contributed by atoms with Crippen LogP contribution in [0.1, 0.15) is 5.56 Å². The molecule has 1 aromatic heterocycles. The second-order valence-electron chi connectivity index (χ2n) is 5.20. The number of hydrogen-bond acceptors (Lipinski definition) is 2. The van der Waals surface area contributed by atoms with Crippen LogP contribution in [-0.2, 0) is 6.42 Å². The predicted molar refractivity (Wildman–Crippen MR) is 88.9 cm³/mol. The van der Waals surface area contributed by atoms with Crippen molar-refractivity contribution in [2.75, 3.05) is 11.9 Å². The SMILES string of the molecule is Fc1ccccc1-c1nn(-c2ccccc2Br)c2c1CCN2. The maximum atomic E-state index is 14.2. The molecule has 3 nitrogen and oxygen atoms in total. The molecular formula is C17H13BrFN3. The van der Waals surface area contributed by atoms with E-state index < -0.39 is 0 Å². The lowest BCUT2D eigenvalue weighted by molar-refractivity contribution is 0.630. The van der Waals surface area contributed by atoms with Crippen LogP contribution >= 0.6 is 15.9 Å². The molecule has 3 aromatic rings. The molecule has 0 saturated heterocycles. The van der Waals surface area contributed by atoms with E-state index in [1.807, 2.05) is 35.0 Å². The lowest BCUT2D eigenvalue weighted by Crippen LogP contribution is -2.05. The van der Waals surface area contributed by atoms with Crippen LogP contribution in [0.15, 0.2) is 53.0 Å². The van der Waals surface area contributed by atoms with E-state index in [1.165, 1.54) is 6.07 Å². The summed E-state index contributed by atoms with van der Waals surface area (Å²) in [5.41, 5.74) is 3.28. The monoisotopic (exact) mass is 357 g/mol. The van der Waals surface area contributed by atoms with Crippen molar-refractivity contribution in [1.29, 1.82) is 0 Å². The molecule has 1 aliphatic heterocycles. The van der Waals surface area contributed by atoms with Crippen molar-refractivity contribution in [3.8, 4) is 16.9 Å². The Morgan fingerprint density at radius 1 is 1.09 bits per heavy atom. The highest BCUT2D eigenvalue weighted by Gasteiger charge is 2.25. The first-order chi connectivity index (χ1) is 10.8. The topological polar surface area (TPSA) is 29.9 Å². The fraction of sp³-hybridized carbons (Fsp3) is 0.118. The van der Waals surface area contributed by atoms with Crippen LogP contribution in [0.4, 0.5) is 10.2 Å². The molecule has 0 radical (unpaired) electrons. The van der Waals surface area contributed by atoms with Crippen LogP contribution in [0.5, 0.6) is 0 Å². The number of anilines is 1. The standard InChI is InChI=1S/C17H13BrFN3/c18-13-6-2-4-8-15(13)22-17-12(9-10-20-17)16(21-22)11-5-1-3-7-14(11)19/h1-8,20H,9-10H2. The van der Waals surface area contributed by atoms with Crippen molar-refractivity contribution in [3.63, 3.8) is 0 Å². The first-order valence-electron chi connectivity index (χ1n) is 7.11. The molecule has 2 heterocycles. The Hall–Kier alpha value is -2.14. The Morgan fingerprint density at radius 3 is 2.68 bits per heavy atom. The third-order valence-electron chi connectivity index (χ3n) is 3.86. The fourth-order valence-corrected chi connectivity index (χ4v) is 3.29. The average Bonchev–Trinajstić information content (AvgIpc) is 3.11. The number of rotatable bonds is 2. The van der Waals surface area contributed by atoms with Crippen LogP contribution < -0.4 is 5.32 Å². The summed E-state index contributed by atoms with van der Waals surface area (Å²) in [6, 6.07) is 14.7. The van der Waals surface area contributed by atoms with Gasteiger partial charge in [-0.05, 0) is 46.6 Å². The van der Waals surface area contributed by atoms with Crippen LogP contribution in [0, 0.1) is 5.82 Å². The van der Waals surface area contributed by atoms with Crippen molar-refractivity contribution in [3.05, 3.63) is 64.4 Å². The van der Waals surface area contributed by atoms with Gasteiger partial charge in [-0.2, -0.15) is 5.10 Å². The summed E-state index contributed by atoms with van der Waals surface area (Å²) >= 11 is 3.56. The van der Waals surface area contributed by atoms with Gasteiger partial charge in [-0.15, -0.1) is 0 Å². The zero-order valence-electron chi connectivity index (χ0n) is 11.7. The Bertz CT molecular complexity index is 789. The van der Waals surface area contributed by atoms with Gasteiger partial charge in [0.2, 0.25) is 0 Å². The quantitative estimate of drug-likeness (QED) is 0.736. The average molecular weight is 358 g/mol. The lowest BCUT2D eigenvalue weighted by atomic mass is 10.1. The molecule has 1 N–H and O–H groups in total. The van der Waals surface area contributed by atoms with Crippen LogP contribution in [-0.4, -0.2) is 16.3 Å². The van der Waals surface area contributed by atoms with E-state index in [4.69, 9.17) is 0 Å². The maximum Gasteiger partial charge on any atom is 0.133 e. The fourth-order valence-electron chi connectivity index (χ4n) is 2.84. The van der Waals surface area contributed by atoms with Crippen LogP contribution in [0.3, 0.4) is 0 Å². The van der Waals surface area contributed by atoms with E-state index in [-0.39, 0.29) is 5.82 Å². The molecule has 0 bridgehead atoms. The lowest BCUT2D eigenvalue weighted by Gasteiger charge is -2.08. The van der Waals surface area contributed by atoms with E-state index in [2.05, 4.69) is 26.3 Å². The van der Waals surface area contributed by atoms with E-state index in [1.54, 1.807) is 12.1 Å². The van der Waals surface area contributed by atoms with Gasteiger partial charge >= 0.3 is 0 Å². The Labute approximate surface area is 135 Å². The molecule has 1 aliphatic rings. The van der Waals surface area contributed by atoms with E-state index in [9.17, 15) is 4.39 Å². The molecule has 4 rings (SSSR count). The second-order valence-corrected chi connectivity index (χ2v) is 6.05. The number of nitrogens with one attached hydrogen (secondary N) is 1. The number of nitrogens with zero attached hydrogens (tertiary/aromatic N) is 2. The van der Waals surface area contributed by atoms with Gasteiger partial charge in [0.15, 0.2) is 0 Å². The summed E-state index contributed by atoms with van der Waals surface area (Å²) in [5.74, 6) is 0.708. The van der Waals surface area contributed by atoms with Crippen molar-refractivity contribution >= 4 is 21.7 Å². The van der Waals surface area contributed by atoms with Gasteiger partial charge in [-0.3, -0.25) is 0 Å². The highest BCUT2D eigenvalue weighted by atomic mass is 79.9. The Balaban J connectivity index is 1.95. The summed E-state index contributed by atoms with van der Waals surface area (Å²) in [4.78, 5) is 0. The molecule has 110 valence electrons. The number of fused-ring (bicyclic) bond motifs is 1. The highest BCUT2D eigenvalue weighted by molar-refractivity contribution is 9.10. The van der Waals surface area contributed by atoms with Crippen molar-refractivity contribution in [1.82, 2.24) is 9.78 Å². The normalized spacial score (nSPS) is 13.0. The Kier molecular flexibility index (Phi) is 3.22. The third kappa shape index (κ3) is 2.04. The maximum absolute atomic E-state index is 14.2. The smallest absolute Gasteiger partial charge is 0.133 e. The highest BCUT2D eigenvalue weighted by Crippen LogP contribution is 2.36. The van der Waals surface area contributed by atoms with Gasteiger partial charge in [0.25, 0.3) is 0 Å². The molecule has 0 fully saturated rings. The van der Waals surface area contributed by atoms with E-state index >= 15 is 0 Å². The van der Waals surface area contributed by atoms with Crippen LogP contribution in [0.25, 0.3) is 16.9 Å². The zero-order valence-corrected chi connectivity index (χ0v) is 13.3. The summed E-state index contributed by atoms with van der Waals surface area (Å²) < 4.78 is 17.0. The minimum absolute atomic E-state index is 0.242. The molecule has 0 unspecified atom stereocenters. The number of aromatic nitrogens is 2. The minimum atomic E-state index is -0.242. The number of halogens is 2. The molecule has 22 heavy (non-hydrogen) atoms. The zero-order chi connectivity index (χ0) is 15.1. The van der Waals surface area contributed by atoms with Crippen LogP contribution in [0.2, 0.25) is 0 Å². The van der Waals surface area contributed by atoms with E-state index in [0.717, 1.165) is 34.5 Å². The molecule has 2 aromatic carbocycles. The van der Waals surface area contributed by atoms with E-state index in [0.29, 0.717) is 11.3 Å². The molecule has 0 saturated carbocycles. The number of benzene rings is 2. The molecule has 5 heteroatoms. The van der Waals surface area contributed by atoms with Gasteiger partial charge in [0.1, 0.15) is 17.3 Å². The second kappa shape index (κ2) is 5.25. The van der Waals surface area contributed by atoms with Gasteiger partial charge in [-0.1, -0.05) is 24.3 Å². The van der Waals surface area contributed by atoms with Crippen molar-refractivity contribution < 1.29 is 4.39 Å². The van der Waals surface area contributed by atoms with Crippen molar-refractivity contribution in [2.45, 2.75) is 6.42 Å². The van der Waals surface area contributed by atoms with Crippen molar-refractivity contribution in [2.24, 2.45) is 0 Å². The first-order valence-corrected chi connectivity index (χ1v) is 7.90. The summed E-state index contributed by atoms with van der Waals surface area (Å²) in [5, 5.41) is 8.04.